The van der Waals surface area contributed by atoms with Crippen LogP contribution in [-0.2, 0) is 0 Å². The second-order valence-electron chi connectivity index (χ2n) is 4.66. The molecule has 0 bridgehead atoms. The van der Waals surface area contributed by atoms with Crippen LogP contribution in [0.15, 0.2) is 54.1 Å². The summed E-state index contributed by atoms with van der Waals surface area (Å²) in [6.07, 6.45) is 3.64. The van der Waals surface area contributed by atoms with E-state index in [1.165, 1.54) is 6.08 Å². The van der Waals surface area contributed by atoms with Crippen molar-refractivity contribution in [1.29, 1.82) is 0 Å². The number of benzene rings is 1. The third-order valence-electron chi connectivity index (χ3n) is 3.10. The number of carbonyl (C=O) groups is 1. The van der Waals surface area contributed by atoms with Crippen LogP contribution >= 0.6 is 0 Å². The van der Waals surface area contributed by atoms with Gasteiger partial charge < -0.3 is 10.2 Å². The summed E-state index contributed by atoms with van der Waals surface area (Å²) in [7, 11) is 0. The molecule has 1 aliphatic carbocycles. The van der Waals surface area contributed by atoms with E-state index in [1.807, 2.05) is 13.0 Å². The van der Waals surface area contributed by atoms with Gasteiger partial charge in [0, 0.05) is 5.56 Å². The zero-order valence-corrected chi connectivity index (χ0v) is 10.7. The molecule has 3 N–H and O–H groups in total. The van der Waals surface area contributed by atoms with Crippen molar-refractivity contribution < 1.29 is 15.0 Å². The lowest BCUT2D eigenvalue weighted by molar-refractivity contribution is -0.0395. The maximum Gasteiger partial charge on any atom is 0.176 e. The van der Waals surface area contributed by atoms with Gasteiger partial charge in [-0.15, -0.1) is 0 Å². The molecule has 0 saturated carbocycles. The Balaban J connectivity index is 2.00. The van der Waals surface area contributed by atoms with Crippen molar-refractivity contribution in [2.75, 3.05) is 6.54 Å². The van der Waals surface area contributed by atoms with Crippen LogP contribution in [0.4, 0.5) is 0 Å². The van der Waals surface area contributed by atoms with Crippen molar-refractivity contribution in [3.63, 3.8) is 0 Å². The van der Waals surface area contributed by atoms with Gasteiger partial charge in [0.05, 0.1) is 6.54 Å². The Hall–Kier alpha value is -1.75. The third-order valence-corrected chi connectivity index (χ3v) is 3.10. The number of Topliss-reactive ketones (excluding diaryl/α,β-unsaturated/α-hetero) is 1. The van der Waals surface area contributed by atoms with Crippen LogP contribution in [0.2, 0.25) is 0 Å². The summed E-state index contributed by atoms with van der Waals surface area (Å²) in [5, 5.41) is 22.7. The van der Waals surface area contributed by atoms with E-state index >= 15 is 0 Å². The highest BCUT2D eigenvalue weighted by atomic mass is 16.4. The first-order valence-electron chi connectivity index (χ1n) is 6.13. The molecule has 2 rings (SSSR count). The van der Waals surface area contributed by atoms with Crippen LogP contribution < -0.4 is 5.32 Å². The molecule has 0 fully saturated rings. The molecule has 100 valence electrons. The minimum atomic E-state index is -1.59. The first kappa shape index (κ1) is 13.7. The van der Waals surface area contributed by atoms with Gasteiger partial charge in [0.15, 0.2) is 11.5 Å². The zero-order valence-electron chi connectivity index (χ0n) is 10.7. The molecule has 0 heterocycles. The molecule has 1 aromatic carbocycles. The normalized spacial score (nSPS) is 26.1. The largest absolute Gasteiger partial charge is 0.384 e. The monoisotopic (exact) mass is 259 g/mol. The average Bonchev–Trinajstić information content (AvgIpc) is 2.42. The van der Waals surface area contributed by atoms with Crippen LogP contribution in [0, 0.1) is 0 Å². The lowest BCUT2D eigenvalue weighted by atomic mass is 9.97. The first-order valence-corrected chi connectivity index (χ1v) is 6.13. The Bertz CT molecular complexity index is 521. The van der Waals surface area contributed by atoms with Gasteiger partial charge in [-0.25, -0.2) is 0 Å². The smallest absolute Gasteiger partial charge is 0.176 e. The number of hydrogen-bond acceptors (Lipinski definition) is 4. The average molecular weight is 259 g/mol. The number of nitrogens with one attached hydrogen (secondary N) is 1. The van der Waals surface area contributed by atoms with Gasteiger partial charge in [-0.1, -0.05) is 42.0 Å². The highest BCUT2D eigenvalue weighted by molar-refractivity contribution is 5.97. The lowest BCUT2D eigenvalue weighted by Crippen LogP contribution is -2.54. The van der Waals surface area contributed by atoms with Crippen LogP contribution in [-0.4, -0.2) is 34.4 Å². The van der Waals surface area contributed by atoms with E-state index in [2.05, 4.69) is 5.32 Å². The topological polar surface area (TPSA) is 69.6 Å². The Morgan fingerprint density at radius 1 is 1.37 bits per heavy atom. The Labute approximate surface area is 112 Å². The van der Waals surface area contributed by atoms with E-state index in [1.54, 1.807) is 36.4 Å². The molecule has 0 radical (unpaired) electrons. The van der Waals surface area contributed by atoms with Gasteiger partial charge in [0.25, 0.3) is 0 Å². The number of carbonyl (C=O) groups excluding carboxylic acids is 1. The second kappa shape index (κ2) is 5.48. The number of aliphatic hydroxyl groups excluding tert-OH is 1. The van der Waals surface area contributed by atoms with Crippen LogP contribution in [0.1, 0.15) is 17.3 Å². The van der Waals surface area contributed by atoms with Crippen molar-refractivity contribution in [2.24, 2.45) is 0 Å². The fraction of sp³-hybridized carbons (Fsp3) is 0.267. The van der Waals surface area contributed by atoms with Gasteiger partial charge in [0.1, 0.15) is 6.10 Å². The maximum absolute atomic E-state index is 11.9. The molecule has 0 amide bonds. The molecule has 2 atom stereocenters. The zero-order chi connectivity index (χ0) is 13.9. The molecule has 4 nitrogen and oxygen atoms in total. The predicted octanol–water partition coefficient (Wildman–Crippen LogP) is 1.02. The second-order valence-corrected chi connectivity index (χ2v) is 4.66. The SMILES string of the molecule is CC1=CC(O)C(O)(NCC(=O)c2ccccc2)C=C1. The highest BCUT2D eigenvalue weighted by Gasteiger charge is 2.33. The maximum atomic E-state index is 11.9. The van der Waals surface area contributed by atoms with Gasteiger partial charge in [-0.05, 0) is 19.1 Å². The molecule has 0 saturated heterocycles. The number of rotatable bonds is 4. The summed E-state index contributed by atoms with van der Waals surface area (Å²) < 4.78 is 0. The van der Waals surface area contributed by atoms with E-state index in [-0.39, 0.29) is 12.3 Å². The summed E-state index contributed by atoms with van der Waals surface area (Å²) in [4.78, 5) is 11.9. The number of aliphatic hydroxyl groups is 2. The molecule has 0 aliphatic heterocycles. The molecule has 2 unspecified atom stereocenters. The van der Waals surface area contributed by atoms with E-state index < -0.39 is 11.8 Å². The van der Waals surface area contributed by atoms with Crippen LogP contribution in [0.5, 0.6) is 0 Å². The molecule has 19 heavy (non-hydrogen) atoms. The van der Waals surface area contributed by atoms with E-state index in [9.17, 15) is 15.0 Å². The fourth-order valence-corrected chi connectivity index (χ4v) is 1.90. The molecule has 4 heteroatoms. The Morgan fingerprint density at radius 2 is 2.05 bits per heavy atom. The van der Waals surface area contributed by atoms with Crippen molar-refractivity contribution in [1.82, 2.24) is 5.32 Å². The third kappa shape index (κ3) is 3.17. The summed E-state index contributed by atoms with van der Waals surface area (Å²) in [6, 6.07) is 8.82. The fourth-order valence-electron chi connectivity index (χ4n) is 1.90. The lowest BCUT2D eigenvalue weighted by Gasteiger charge is -2.31. The van der Waals surface area contributed by atoms with E-state index in [4.69, 9.17) is 0 Å². The van der Waals surface area contributed by atoms with E-state index in [0.717, 1.165) is 5.57 Å². The minimum absolute atomic E-state index is 0.0468. The van der Waals surface area contributed by atoms with E-state index in [0.29, 0.717) is 5.56 Å². The van der Waals surface area contributed by atoms with Crippen molar-refractivity contribution in [3.05, 3.63) is 59.7 Å². The van der Waals surface area contributed by atoms with Gasteiger partial charge in [-0.3, -0.25) is 10.1 Å². The quantitative estimate of drug-likeness (QED) is 0.558. The van der Waals surface area contributed by atoms with Crippen molar-refractivity contribution in [2.45, 2.75) is 18.8 Å². The van der Waals surface area contributed by atoms with Crippen LogP contribution in [0.3, 0.4) is 0 Å². The molecule has 0 spiro atoms. The minimum Gasteiger partial charge on any atom is -0.384 e. The standard InChI is InChI=1S/C15H17NO3/c1-11-7-8-15(19,14(18)9-11)16-10-13(17)12-5-3-2-4-6-12/h2-9,14,16,18-19H,10H2,1H3. The molecule has 1 aliphatic rings. The summed E-state index contributed by atoms with van der Waals surface area (Å²) in [5.41, 5.74) is -0.155. The number of hydrogen-bond donors (Lipinski definition) is 3. The molecule has 1 aromatic rings. The summed E-state index contributed by atoms with van der Waals surface area (Å²) in [6.45, 7) is 1.78. The highest BCUT2D eigenvalue weighted by Crippen LogP contribution is 2.18. The summed E-state index contributed by atoms with van der Waals surface area (Å²) in [5.74, 6) is -0.138. The van der Waals surface area contributed by atoms with Gasteiger partial charge in [0.2, 0.25) is 0 Å². The number of ketones is 1. The molecule has 0 aromatic heterocycles. The van der Waals surface area contributed by atoms with Crippen molar-refractivity contribution in [3.8, 4) is 0 Å². The van der Waals surface area contributed by atoms with Crippen LogP contribution in [0.25, 0.3) is 0 Å². The van der Waals surface area contributed by atoms with Crippen molar-refractivity contribution >= 4 is 5.78 Å². The van der Waals surface area contributed by atoms with Gasteiger partial charge in [-0.2, -0.15) is 0 Å². The molecular formula is C15H17NO3. The van der Waals surface area contributed by atoms with Gasteiger partial charge >= 0.3 is 0 Å². The Morgan fingerprint density at radius 3 is 2.68 bits per heavy atom. The predicted molar refractivity (Wildman–Crippen MR) is 72.6 cm³/mol. The molecular weight excluding hydrogens is 242 g/mol. The Kier molecular flexibility index (Phi) is 3.95. The number of allylic oxidation sites excluding steroid dienone is 2. The summed E-state index contributed by atoms with van der Waals surface area (Å²) >= 11 is 0. The first-order chi connectivity index (χ1) is 9.01.